The Balaban J connectivity index is 1.69. The van der Waals surface area contributed by atoms with Gasteiger partial charge in [-0.15, -0.1) is 10.2 Å². The summed E-state index contributed by atoms with van der Waals surface area (Å²) < 4.78 is 1.95. The number of nitrogens with zero attached hydrogens (tertiary/aromatic N) is 3. The van der Waals surface area contributed by atoms with Crippen LogP contribution in [-0.2, 0) is 11.3 Å². The lowest BCUT2D eigenvalue weighted by Gasteiger charge is -2.11. The van der Waals surface area contributed by atoms with Crippen LogP contribution >= 0.6 is 0 Å². The van der Waals surface area contributed by atoms with E-state index in [2.05, 4.69) is 20.8 Å². The number of aryl methyl sites for hydroxylation is 1. The average Bonchev–Trinajstić information content (AvgIpc) is 3.22. The number of nitrogens with one attached hydrogen (secondary N) is 2. The third-order valence-electron chi connectivity index (χ3n) is 3.81. The molecule has 0 radical (unpaired) electrons. The van der Waals surface area contributed by atoms with Gasteiger partial charge in [-0.25, -0.2) is 0 Å². The van der Waals surface area contributed by atoms with Gasteiger partial charge in [0.25, 0.3) is 0 Å². The van der Waals surface area contributed by atoms with E-state index in [1.54, 1.807) is 6.33 Å². The Bertz CT molecular complexity index is 647. The summed E-state index contributed by atoms with van der Waals surface area (Å²) in [4.78, 5) is 12.1. The van der Waals surface area contributed by atoms with E-state index >= 15 is 0 Å². The standard InChI is InChI=1S/C16H21N5O/c1-2-21-11-18-20-16(21)13-5-3-4-6-14(13)19-15(22)10-17-9-12-7-8-12/h3-6,11-12,17H,2,7-10H2,1H3,(H,19,22). The molecule has 22 heavy (non-hydrogen) atoms. The molecule has 0 atom stereocenters. The summed E-state index contributed by atoms with van der Waals surface area (Å²) in [7, 11) is 0. The molecule has 1 heterocycles. The fourth-order valence-corrected chi connectivity index (χ4v) is 2.39. The van der Waals surface area contributed by atoms with Crippen molar-refractivity contribution >= 4 is 11.6 Å². The van der Waals surface area contributed by atoms with Gasteiger partial charge in [0, 0.05) is 12.1 Å². The molecule has 6 nitrogen and oxygen atoms in total. The minimum atomic E-state index is -0.0318. The number of aromatic nitrogens is 3. The van der Waals surface area contributed by atoms with Gasteiger partial charge in [0.2, 0.25) is 5.91 Å². The van der Waals surface area contributed by atoms with Crippen LogP contribution in [-0.4, -0.2) is 33.8 Å². The molecule has 0 spiro atoms. The van der Waals surface area contributed by atoms with Gasteiger partial charge in [0.15, 0.2) is 5.82 Å². The maximum Gasteiger partial charge on any atom is 0.238 e. The highest BCUT2D eigenvalue weighted by molar-refractivity contribution is 5.95. The van der Waals surface area contributed by atoms with Gasteiger partial charge < -0.3 is 15.2 Å². The highest BCUT2D eigenvalue weighted by Gasteiger charge is 2.20. The van der Waals surface area contributed by atoms with E-state index in [9.17, 15) is 4.79 Å². The van der Waals surface area contributed by atoms with Crippen molar-refractivity contribution < 1.29 is 4.79 Å². The van der Waals surface area contributed by atoms with Crippen molar-refractivity contribution in [3.05, 3.63) is 30.6 Å². The van der Waals surface area contributed by atoms with Crippen LogP contribution in [0, 0.1) is 5.92 Å². The molecule has 3 rings (SSSR count). The Kier molecular flexibility index (Phi) is 4.48. The van der Waals surface area contributed by atoms with Crippen LogP contribution in [0.25, 0.3) is 11.4 Å². The van der Waals surface area contributed by atoms with Crippen molar-refractivity contribution in [2.24, 2.45) is 5.92 Å². The summed E-state index contributed by atoms with van der Waals surface area (Å²) in [6.07, 6.45) is 4.26. The SMILES string of the molecule is CCn1cnnc1-c1ccccc1NC(=O)CNCC1CC1. The molecule has 2 N–H and O–H groups in total. The summed E-state index contributed by atoms with van der Waals surface area (Å²) in [5.41, 5.74) is 1.65. The van der Waals surface area contributed by atoms with Crippen molar-refractivity contribution in [1.29, 1.82) is 0 Å². The van der Waals surface area contributed by atoms with Crippen molar-refractivity contribution in [3.63, 3.8) is 0 Å². The van der Waals surface area contributed by atoms with Crippen molar-refractivity contribution in [1.82, 2.24) is 20.1 Å². The predicted molar refractivity (Wildman–Crippen MR) is 85.4 cm³/mol. The van der Waals surface area contributed by atoms with Crippen LogP contribution in [0.3, 0.4) is 0 Å². The third-order valence-corrected chi connectivity index (χ3v) is 3.81. The van der Waals surface area contributed by atoms with E-state index in [-0.39, 0.29) is 5.91 Å². The molecule has 1 aromatic carbocycles. The Morgan fingerprint density at radius 3 is 2.95 bits per heavy atom. The number of amides is 1. The number of rotatable bonds is 7. The minimum Gasteiger partial charge on any atom is -0.324 e. The Labute approximate surface area is 129 Å². The second-order valence-corrected chi connectivity index (χ2v) is 5.61. The summed E-state index contributed by atoms with van der Waals surface area (Å²) in [5, 5.41) is 14.3. The monoisotopic (exact) mass is 299 g/mol. The number of anilines is 1. The Hall–Kier alpha value is -2.21. The molecular formula is C16H21N5O. The van der Waals surface area contributed by atoms with Gasteiger partial charge in [-0.1, -0.05) is 12.1 Å². The number of carbonyl (C=O) groups is 1. The number of hydrogen-bond donors (Lipinski definition) is 2. The molecule has 0 unspecified atom stereocenters. The molecule has 1 fully saturated rings. The van der Waals surface area contributed by atoms with Crippen LogP contribution in [0.5, 0.6) is 0 Å². The van der Waals surface area contributed by atoms with E-state index in [1.807, 2.05) is 35.8 Å². The topological polar surface area (TPSA) is 71.8 Å². The van der Waals surface area contributed by atoms with Crippen LogP contribution in [0.1, 0.15) is 19.8 Å². The fraction of sp³-hybridized carbons (Fsp3) is 0.438. The molecule has 0 bridgehead atoms. The smallest absolute Gasteiger partial charge is 0.238 e. The second-order valence-electron chi connectivity index (χ2n) is 5.61. The second kappa shape index (κ2) is 6.70. The minimum absolute atomic E-state index is 0.0318. The van der Waals surface area contributed by atoms with Crippen molar-refractivity contribution in [2.45, 2.75) is 26.3 Å². The predicted octanol–water partition coefficient (Wildman–Crippen LogP) is 1.90. The van der Waals surface area contributed by atoms with E-state index in [0.717, 1.165) is 36.1 Å². The lowest BCUT2D eigenvalue weighted by molar-refractivity contribution is -0.115. The van der Waals surface area contributed by atoms with Crippen LogP contribution in [0.15, 0.2) is 30.6 Å². The molecule has 1 amide bonds. The molecule has 1 aliphatic carbocycles. The first-order valence-corrected chi connectivity index (χ1v) is 7.75. The van der Waals surface area contributed by atoms with E-state index in [4.69, 9.17) is 0 Å². The van der Waals surface area contributed by atoms with Gasteiger partial charge in [0.05, 0.1) is 12.2 Å². The molecule has 1 aliphatic rings. The highest BCUT2D eigenvalue weighted by Crippen LogP contribution is 2.27. The maximum absolute atomic E-state index is 12.1. The van der Waals surface area contributed by atoms with Crippen LogP contribution in [0.2, 0.25) is 0 Å². The third kappa shape index (κ3) is 3.51. The molecule has 0 aliphatic heterocycles. The lowest BCUT2D eigenvalue weighted by atomic mass is 10.1. The first-order chi connectivity index (χ1) is 10.8. The first kappa shape index (κ1) is 14.7. The first-order valence-electron chi connectivity index (χ1n) is 7.75. The zero-order valence-corrected chi connectivity index (χ0v) is 12.7. The van der Waals surface area contributed by atoms with Gasteiger partial charge in [-0.05, 0) is 44.4 Å². The quantitative estimate of drug-likeness (QED) is 0.819. The zero-order chi connectivity index (χ0) is 15.4. The summed E-state index contributed by atoms with van der Waals surface area (Å²) >= 11 is 0. The number of carbonyl (C=O) groups excluding carboxylic acids is 1. The zero-order valence-electron chi connectivity index (χ0n) is 12.7. The molecule has 1 saturated carbocycles. The molecule has 6 heteroatoms. The summed E-state index contributed by atoms with van der Waals surface area (Å²) in [6, 6.07) is 7.68. The molecule has 2 aromatic rings. The highest BCUT2D eigenvalue weighted by atomic mass is 16.1. The van der Waals surface area contributed by atoms with Gasteiger partial charge in [-0.3, -0.25) is 4.79 Å². The van der Waals surface area contributed by atoms with Crippen LogP contribution < -0.4 is 10.6 Å². The molecular weight excluding hydrogens is 278 g/mol. The van der Waals surface area contributed by atoms with E-state index < -0.39 is 0 Å². The lowest BCUT2D eigenvalue weighted by Crippen LogP contribution is -2.29. The average molecular weight is 299 g/mol. The van der Waals surface area contributed by atoms with Gasteiger partial charge in [0.1, 0.15) is 6.33 Å². The normalized spacial score (nSPS) is 14.0. The largest absolute Gasteiger partial charge is 0.324 e. The van der Waals surface area contributed by atoms with E-state index in [0.29, 0.717) is 6.54 Å². The maximum atomic E-state index is 12.1. The number of para-hydroxylation sites is 1. The Morgan fingerprint density at radius 2 is 2.18 bits per heavy atom. The number of benzene rings is 1. The molecule has 1 aromatic heterocycles. The Morgan fingerprint density at radius 1 is 1.36 bits per heavy atom. The van der Waals surface area contributed by atoms with E-state index in [1.165, 1.54) is 12.8 Å². The summed E-state index contributed by atoms with van der Waals surface area (Å²) in [6.45, 7) is 4.09. The number of hydrogen-bond acceptors (Lipinski definition) is 4. The fourth-order valence-electron chi connectivity index (χ4n) is 2.39. The van der Waals surface area contributed by atoms with Gasteiger partial charge in [-0.2, -0.15) is 0 Å². The molecule has 0 saturated heterocycles. The van der Waals surface area contributed by atoms with Crippen molar-refractivity contribution in [3.8, 4) is 11.4 Å². The molecule has 116 valence electrons. The van der Waals surface area contributed by atoms with Gasteiger partial charge >= 0.3 is 0 Å². The summed E-state index contributed by atoms with van der Waals surface area (Å²) in [5.74, 6) is 1.50. The van der Waals surface area contributed by atoms with Crippen molar-refractivity contribution in [2.75, 3.05) is 18.4 Å². The van der Waals surface area contributed by atoms with Crippen LogP contribution in [0.4, 0.5) is 5.69 Å².